The highest BCUT2D eigenvalue weighted by Gasteiger charge is 2.14. The van der Waals surface area contributed by atoms with Gasteiger partial charge in [-0.1, -0.05) is 0 Å². The normalized spacial score (nSPS) is 20.4. The Labute approximate surface area is 106 Å². The molecule has 0 amide bonds. The molecule has 4 heteroatoms. The average molecular weight is 257 g/mol. The fourth-order valence-electron chi connectivity index (χ4n) is 1.76. The lowest BCUT2D eigenvalue weighted by Gasteiger charge is -2.08. The van der Waals surface area contributed by atoms with Crippen LogP contribution in [0.5, 0.6) is 0 Å². The van der Waals surface area contributed by atoms with Crippen molar-refractivity contribution in [2.24, 2.45) is 5.92 Å². The summed E-state index contributed by atoms with van der Waals surface area (Å²) in [4.78, 5) is 0. The van der Waals surface area contributed by atoms with Gasteiger partial charge < -0.3 is 10.1 Å². The Morgan fingerprint density at radius 1 is 1.56 bits per heavy atom. The molecule has 0 bridgehead atoms. The van der Waals surface area contributed by atoms with Crippen molar-refractivity contribution in [1.82, 2.24) is 5.32 Å². The van der Waals surface area contributed by atoms with E-state index in [1.54, 1.807) is 11.3 Å². The number of ether oxygens (including phenoxy) is 1. The van der Waals surface area contributed by atoms with Crippen LogP contribution in [0.15, 0.2) is 16.8 Å². The van der Waals surface area contributed by atoms with E-state index in [-0.39, 0.29) is 0 Å². The third kappa shape index (κ3) is 4.45. The van der Waals surface area contributed by atoms with Crippen LogP contribution in [0.1, 0.15) is 12.0 Å². The molecule has 1 unspecified atom stereocenters. The number of hydrogen-bond donors (Lipinski definition) is 1. The van der Waals surface area contributed by atoms with E-state index in [2.05, 4.69) is 22.1 Å². The van der Waals surface area contributed by atoms with Gasteiger partial charge in [-0.15, -0.1) is 0 Å². The average Bonchev–Trinajstić information content (AvgIpc) is 2.96. The second kappa shape index (κ2) is 7.33. The summed E-state index contributed by atoms with van der Waals surface area (Å²) in [5, 5.41) is 7.89. The van der Waals surface area contributed by atoms with Gasteiger partial charge in [0.25, 0.3) is 0 Å². The minimum absolute atomic E-state index is 0.752. The Morgan fingerprint density at radius 3 is 3.31 bits per heavy atom. The zero-order valence-corrected chi connectivity index (χ0v) is 11.1. The number of rotatable bonds is 7. The maximum Gasteiger partial charge on any atom is 0.0507 e. The minimum atomic E-state index is 0.752. The predicted octanol–water partition coefficient (Wildman–Crippen LogP) is 2.61. The lowest BCUT2D eigenvalue weighted by molar-refractivity contribution is 0.185. The Kier molecular flexibility index (Phi) is 5.69. The lowest BCUT2D eigenvalue weighted by atomic mass is 10.1. The molecule has 1 aromatic rings. The first-order chi connectivity index (χ1) is 7.95. The largest absolute Gasteiger partial charge is 0.381 e. The summed E-state index contributed by atoms with van der Waals surface area (Å²) in [6.45, 7) is 4.15. The van der Waals surface area contributed by atoms with Crippen molar-refractivity contribution in [3.63, 3.8) is 0 Å². The van der Waals surface area contributed by atoms with Crippen LogP contribution in [0.2, 0.25) is 0 Å². The molecule has 2 nitrogen and oxygen atoms in total. The van der Waals surface area contributed by atoms with Crippen molar-refractivity contribution in [2.45, 2.75) is 12.2 Å². The second-order valence-corrected chi connectivity index (χ2v) is 6.00. The summed E-state index contributed by atoms with van der Waals surface area (Å²) in [7, 11) is 0. The molecule has 0 aliphatic carbocycles. The second-order valence-electron chi connectivity index (χ2n) is 4.12. The molecule has 0 radical (unpaired) electrons. The SMILES string of the molecule is c1cc(CSCCNCC2CCOC2)cs1. The van der Waals surface area contributed by atoms with Gasteiger partial charge in [0.2, 0.25) is 0 Å². The molecule has 0 aromatic carbocycles. The van der Waals surface area contributed by atoms with Gasteiger partial charge >= 0.3 is 0 Å². The van der Waals surface area contributed by atoms with Crippen LogP contribution in [-0.4, -0.2) is 32.1 Å². The number of thiophene rings is 1. The molecule has 2 rings (SSSR count). The maximum atomic E-state index is 5.34. The lowest BCUT2D eigenvalue weighted by Crippen LogP contribution is -2.25. The molecule has 1 atom stereocenters. The molecular formula is C12H19NOS2. The third-order valence-corrected chi connectivity index (χ3v) is 4.49. The number of thioether (sulfide) groups is 1. The summed E-state index contributed by atoms with van der Waals surface area (Å²) in [5.74, 6) is 3.10. The van der Waals surface area contributed by atoms with Gasteiger partial charge in [0.05, 0.1) is 6.61 Å². The molecule has 1 fully saturated rings. The van der Waals surface area contributed by atoms with Crippen molar-refractivity contribution in [3.8, 4) is 0 Å². The molecule has 2 heterocycles. The minimum Gasteiger partial charge on any atom is -0.381 e. The number of hydrogen-bond acceptors (Lipinski definition) is 4. The summed E-state index contributed by atoms with van der Waals surface area (Å²) in [6.07, 6.45) is 1.23. The van der Waals surface area contributed by atoms with Gasteiger partial charge in [0.15, 0.2) is 0 Å². The van der Waals surface area contributed by atoms with Gasteiger partial charge in [-0.05, 0) is 34.7 Å². The highest BCUT2D eigenvalue weighted by Crippen LogP contribution is 2.14. The number of nitrogens with one attached hydrogen (secondary N) is 1. The monoisotopic (exact) mass is 257 g/mol. The van der Waals surface area contributed by atoms with E-state index in [1.165, 1.54) is 17.7 Å². The van der Waals surface area contributed by atoms with Gasteiger partial charge in [0, 0.05) is 31.2 Å². The van der Waals surface area contributed by atoms with Crippen LogP contribution in [0.3, 0.4) is 0 Å². The Morgan fingerprint density at radius 2 is 2.56 bits per heavy atom. The van der Waals surface area contributed by atoms with Crippen LogP contribution in [0, 0.1) is 5.92 Å². The van der Waals surface area contributed by atoms with Crippen LogP contribution in [-0.2, 0) is 10.5 Å². The zero-order chi connectivity index (χ0) is 11.1. The molecule has 0 saturated carbocycles. The van der Waals surface area contributed by atoms with Crippen molar-refractivity contribution < 1.29 is 4.74 Å². The van der Waals surface area contributed by atoms with E-state index in [0.717, 1.165) is 38.0 Å². The maximum absolute atomic E-state index is 5.34. The summed E-state index contributed by atoms with van der Waals surface area (Å²) < 4.78 is 5.34. The first kappa shape index (κ1) is 12.4. The van der Waals surface area contributed by atoms with Gasteiger partial charge in [0.1, 0.15) is 0 Å². The predicted molar refractivity (Wildman–Crippen MR) is 72.3 cm³/mol. The summed E-state index contributed by atoms with van der Waals surface area (Å²) >= 11 is 3.79. The van der Waals surface area contributed by atoms with Crippen molar-refractivity contribution >= 4 is 23.1 Å². The van der Waals surface area contributed by atoms with Gasteiger partial charge in [-0.3, -0.25) is 0 Å². The van der Waals surface area contributed by atoms with Crippen LogP contribution in [0.25, 0.3) is 0 Å². The molecule has 1 aromatic heterocycles. The highest BCUT2D eigenvalue weighted by molar-refractivity contribution is 7.98. The van der Waals surface area contributed by atoms with E-state index in [0.29, 0.717) is 0 Å². The zero-order valence-electron chi connectivity index (χ0n) is 9.48. The molecule has 1 aliphatic rings. The first-order valence-corrected chi connectivity index (χ1v) is 7.92. The van der Waals surface area contributed by atoms with Gasteiger partial charge in [-0.25, -0.2) is 0 Å². The Hall–Kier alpha value is -0.0300. The van der Waals surface area contributed by atoms with Crippen LogP contribution in [0.4, 0.5) is 0 Å². The molecule has 16 heavy (non-hydrogen) atoms. The molecule has 0 spiro atoms. The summed E-state index contributed by atoms with van der Waals surface area (Å²) in [5.41, 5.74) is 1.46. The van der Waals surface area contributed by atoms with Gasteiger partial charge in [-0.2, -0.15) is 23.1 Å². The third-order valence-electron chi connectivity index (χ3n) is 2.73. The standard InChI is InChI=1S/C12H19NOS2/c1-4-14-8-11(1)7-13-3-6-16-10-12-2-5-15-9-12/h2,5,9,11,13H,1,3-4,6-8,10H2. The van der Waals surface area contributed by atoms with Crippen molar-refractivity contribution in [1.29, 1.82) is 0 Å². The van der Waals surface area contributed by atoms with Crippen molar-refractivity contribution in [3.05, 3.63) is 22.4 Å². The fraction of sp³-hybridized carbons (Fsp3) is 0.667. The van der Waals surface area contributed by atoms with Crippen LogP contribution >= 0.6 is 23.1 Å². The van der Waals surface area contributed by atoms with E-state index < -0.39 is 0 Å². The fourth-order valence-corrected chi connectivity index (χ4v) is 3.38. The van der Waals surface area contributed by atoms with E-state index >= 15 is 0 Å². The first-order valence-electron chi connectivity index (χ1n) is 5.82. The quantitative estimate of drug-likeness (QED) is 0.759. The van der Waals surface area contributed by atoms with Crippen molar-refractivity contribution in [2.75, 3.05) is 32.1 Å². The summed E-state index contributed by atoms with van der Waals surface area (Å²) in [6, 6.07) is 2.21. The topological polar surface area (TPSA) is 21.3 Å². The molecular weight excluding hydrogens is 238 g/mol. The molecule has 90 valence electrons. The Balaban J connectivity index is 1.43. The highest BCUT2D eigenvalue weighted by atomic mass is 32.2. The van der Waals surface area contributed by atoms with E-state index in [4.69, 9.17) is 4.74 Å². The smallest absolute Gasteiger partial charge is 0.0507 e. The Bertz CT molecular complexity index is 271. The van der Waals surface area contributed by atoms with Crippen LogP contribution < -0.4 is 5.32 Å². The molecule has 1 N–H and O–H groups in total. The molecule has 1 saturated heterocycles. The molecule has 1 aliphatic heterocycles. The van der Waals surface area contributed by atoms with E-state index in [9.17, 15) is 0 Å². The van der Waals surface area contributed by atoms with E-state index in [1.807, 2.05) is 11.8 Å².